The van der Waals surface area contributed by atoms with Gasteiger partial charge in [0.05, 0.1) is 12.7 Å². The number of ether oxygens (including phenoxy) is 2. The predicted molar refractivity (Wildman–Crippen MR) is 86.8 cm³/mol. The third-order valence-corrected chi connectivity index (χ3v) is 3.87. The molecule has 5 nitrogen and oxygen atoms in total. The number of amides is 1. The molecule has 0 radical (unpaired) electrons. The fourth-order valence-electron chi connectivity index (χ4n) is 2.56. The van der Waals surface area contributed by atoms with Gasteiger partial charge in [0, 0.05) is 0 Å². The van der Waals surface area contributed by atoms with Crippen molar-refractivity contribution in [3.05, 3.63) is 35.9 Å². The zero-order valence-electron chi connectivity index (χ0n) is 14.0. The number of hydrogen-bond donors (Lipinski definition) is 1. The van der Waals surface area contributed by atoms with Crippen LogP contribution in [0.4, 0.5) is 0 Å². The van der Waals surface area contributed by atoms with Gasteiger partial charge in [0.1, 0.15) is 18.8 Å². The molecular weight excluding hydrogens is 294 g/mol. The molecule has 1 N–H and O–H groups in total. The molecule has 1 heterocycles. The maximum Gasteiger partial charge on any atom is 0.249 e. The minimum atomic E-state index is -0.573. The van der Waals surface area contributed by atoms with Crippen LogP contribution >= 0.6 is 0 Å². The van der Waals surface area contributed by atoms with E-state index in [2.05, 4.69) is 5.32 Å². The third kappa shape index (κ3) is 5.15. The molecule has 1 fully saturated rings. The molecule has 0 aromatic heterocycles. The number of carbonyl (C=O) groups excluding carboxylic acids is 2. The second-order valence-electron chi connectivity index (χ2n) is 6.38. The lowest BCUT2D eigenvalue weighted by molar-refractivity contribution is -0.137. The van der Waals surface area contributed by atoms with E-state index in [-0.39, 0.29) is 24.4 Å². The van der Waals surface area contributed by atoms with Crippen molar-refractivity contribution in [2.24, 2.45) is 5.92 Å². The van der Waals surface area contributed by atoms with Crippen LogP contribution < -0.4 is 5.32 Å². The zero-order chi connectivity index (χ0) is 16.8. The van der Waals surface area contributed by atoms with Gasteiger partial charge in [0.15, 0.2) is 5.78 Å². The average molecular weight is 319 g/mol. The number of ketones is 1. The first-order valence-electron chi connectivity index (χ1n) is 8.07. The Morgan fingerprint density at radius 1 is 1.35 bits per heavy atom. The lowest BCUT2D eigenvalue weighted by Crippen LogP contribution is -2.48. The lowest BCUT2D eigenvalue weighted by Gasteiger charge is -2.22. The summed E-state index contributed by atoms with van der Waals surface area (Å²) in [6.07, 6.45) is -0.259. The molecule has 1 aromatic rings. The van der Waals surface area contributed by atoms with Crippen LogP contribution in [-0.4, -0.2) is 36.5 Å². The first-order chi connectivity index (χ1) is 11.0. The Balaban J connectivity index is 1.96. The van der Waals surface area contributed by atoms with Crippen LogP contribution in [0.15, 0.2) is 30.3 Å². The number of benzene rings is 1. The summed E-state index contributed by atoms with van der Waals surface area (Å²) >= 11 is 0. The molecule has 1 amide bonds. The van der Waals surface area contributed by atoms with Crippen LogP contribution in [0.5, 0.6) is 0 Å². The Morgan fingerprint density at radius 2 is 2.04 bits per heavy atom. The smallest absolute Gasteiger partial charge is 0.249 e. The Morgan fingerprint density at radius 3 is 2.61 bits per heavy atom. The molecule has 1 saturated heterocycles. The van der Waals surface area contributed by atoms with E-state index in [1.165, 1.54) is 0 Å². The number of Topliss-reactive ketones (excluding diaryl/α,β-unsaturated/α-hetero) is 1. The molecule has 0 saturated carbocycles. The summed E-state index contributed by atoms with van der Waals surface area (Å²) in [7, 11) is 0. The minimum absolute atomic E-state index is 0.0613. The molecule has 23 heavy (non-hydrogen) atoms. The number of hydrogen-bond acceptors (Lipinski definition) is 4. The van der Waals surface area contributed by atoms with E-state index in [0.29, 0.717) is 18.9 Å². The Hall–Kier alpha value is -1.72. The third-order valence-electron chi connectivity index (χ3n) is 3.87. The molecule has 5 heteroatoms. The summed E-state index contributed by atoms with van der Waals surface area (Å²) in [4.78, 5) is 24.3. The summed E-state index contributed by atoms with van der Waals surface area (Å²) in [5.41, 5.74) is 1.02. The summed E-state index contributed by atoms with van der Waals surface area (Å²) in [6, 6.07) is 9.16. The number of rotatable bonds is 7. The molecule has 1 aliphatic heterocycles. The molecular formula is C18H25NO4. The van der Waals surface area contributed by atoms with E-state index < -0.39 is 12.1 Å². The van der Waals surface area contributed by atoms with Crippen LogP contribution in [0.1, 0.15) is 32.8 Å². The molecule has 1 aliphatic rings. The quantitative estimate of drug-likeness (QED) is 0.836. The normalized spacial score (nSPS) is 22.3. The topological polar surface area (TPSA) is 64.6 Å². The second-order valence-corrected chi connectivity index (χ2v) is 6.38. The number of nitrogens with one attached hydrogen (secondary N) is 1. The Bertz CT molecular complexity index is 529. The van der Waals surface area contributed by atoms with Gasteiger partial charge >= 0.3 is 0 Å². The van der Waals surface area contributed by atoms with Gasteiger partial charge in [-0.2, -0.15) is 0 Å². The highest BCUT2D eigenvalue weighted by atomic mass is 16.5. The Labute approximate surface area is 137 Å². The van der Waals surface area contributed by atoms with Gasteiger partial charge in [-0.05, 0) is 24.8 Å². The monoisotopic (exact) mass is 319 g/mol. The van der Waals surface area contributed by atoms with Crippen molar-refractivity contribution < 1.29 is 19.1 Å². The fraction of sp³-hybridized carbons (Fsp3) is 0.556. The maximum atomic E-state index is 12.5. The van der Waals surface area contributed by atoms with Gasteiger partial charge in [0.25, 0.3) is 0 Å². The van der Waals surface area contributed by atoms with Gasteiger partial charge in [-0.3, -0.25) is 9.59 Å². The number of carbonyl (C=O) groups is 2. The van der Waals surface area contributed by atoms with Crippen LogP contribution in [0.2, 0.25) is 0 Å². The van der Waals surface area contributed by atoms with Crippen LogP contribution in [0.25, 0.3) is 0 Å². The summed E-state index contributed by atoms with van der Waals surface area (Å²) in [6.45, 7) is 6.30. The summed E-state index contributed by atoms with van der Waals surface area (Å²) < 4.78 is 11.1. The van der Waals surface area contributed by atoms with Crippen molar-refractivity contribution in [2.45, 2.75) is 52.0 Å². The second kappa shape index (κ2) is 8.22. The van der Waals surface area contributed by atoms with Gasteiger partial charge < -0.3 is 14.8 Å². The van der Waals surface area contributed by atoms with E-state index in [9.17, 15) is 9.59 Å². The minimum Gasteiger partial charge on any atom is -0.368 e. The van der Waals surface area contributed by atoms with Crippen molar-refractivity contribution in [2.75, 3.05) is 6.61 Å². The van der Waals surface area contributed by atoms with Gasteiger partial charge in [-0.25, -0.2) is 0 Å². The van der Waals surface area contributed by atoms with Crippen LogP contribution in [-0.2, 0) is 25.7 Å². The van der Waals surface area contributed by atoms with Crippen molar-refractivity contribution in [1.82, 2.24) is 5.32 Å². The van der Waals surface area contributed by atoms with Crippen molar-refractivity contribution in [3.63, 3.8) is 0 Å². The van der Waals surface area contributed by atoms with Crippen molar-refractivity contribution >= 4 is 11.7 Å². The van der Waals surface area contributed by atoms with E-state index in [4.69, 9.17) is 9.47 Å². The molecule has 1 aromatic carbocycles. The van der Waals surface area contributed by atoms with E-state index in [1.807, 2.05) is 44.2 Å². The van der Waals surface area contributed by atoms with E-state index in [1.54, 1.807) is 6.92 Å². The van der Waals surface area contributed by atoms with Crippen molar-refractivity contribution in [1.29, 1.82) is 0 Å². The lowest BCUT2D eigenvalue weighted by atomic mass is 10.0. The van der Waals surface area contributed by atoms with Gasteiger partial charge in [-0.15, -0.1) is 0 Å². The largest absolute Gasteiger partial charge is 0.368 e. The Kier molecular flexibility index (Phi) is 6.30. The van der Waals surface area contributed by atoms with Gasteiger partial charge in [-0.1, -0.05) is 44.2 Å². The first kappa shape index (κ1) is 17.6. The summed E-state index contributed by atoms with van der Waals surface area (Å²) in [5, 5.41) is 2.78. The summed E-state index contributed by atoms with van der Waals surface area (Å²) in [5.74, 6) is -0.0167. The molecule has 0 aliphatic carbocycles. The molecule has 126 valence electrons. The fourth-order valence-corrected chi connectivity index (χ4v) is 2.56. The maximum absolute atomic E-state index is 12.5. The van der Waals surface area contributed by atoms with Crippen LogP contribution in [0, 0.1) is 5.92 Å². The molecule has 0 spiro atoms. The highest BCUT2D eigenvalue weighted by molar-refractivity contribution is 5.92. The SMILES string of the molecule is CC(C)CC(OCc1ccccc1)C(=O)NC1C(=O)COC1C. The standard InChI is InChI=1S/C18H25NO4/c1-12(2)9-16(23-10-14-7-5-4-6-8-14)18(21)19-17-13(3)22-11-15(17)20/h4-8,12-13,16-17H,9-11H2,1-3H3,(H,19,21). The first-order valence-corrected chi connectivity index (χ1v) is 8.07. The van der Waals surface area contributed by atoms with E-state index in [0.717, 1.165) is 5.56 Å². The molecule has 3 atom stereocenters. The average Bonchev–Trinajstić information content (AvgIpc) is 2.84. The highest BCUT2D eigenvalue weighted by Gasteiger charge is 2.35. The molecule has 3 unspecified atom stereocenters. The van der Waals surface area contributed by atoms with Crippen molar-refractivity contribution in [3.8, 4) is 0 Å². The van der Waals surface area contributed by atoms with E-state index >= 15 is 0 Å². The predicted octanol–water partition coefficient (Wildman–Crippen LogP) is 2.09. The van der Waals surface area contributed by atoms with Gasteiger partial charge in [0.2, 0.25) is 5.91 Å². The molecule has 2 rings (SSSR count). The highest BCUT2D eigenvalue weighted by Crippen LogP contribution is 2.14. The molecule has 0 bridgehead atoms. The van der Waals surface area contributed by atoms with Crippen LogP contribution in [0.3, 0.4) is 0 Å². The zero-order valence-corrected chi connectivity index (χ0v) is 14.0.